The molecule has 0 amide bonds. The minimum absolute atomic E-state index is 0.0305. The van der Waals surface area contributed by atoms with Crippen LogP contribution in [0.25, 0.3) is 12.2 Å². The van der Waals surface area contributed by atoms with Crippen LogP contribution in [0.4, 0.5) is 0 Å². The highest BCUT2D eigenvalue weighted by molar-refractivity contribution is 9.10. The molecule has 3 heteroatoms. The first-order chi connectivity index (χ1) is 8.34. The van der Waals surface area contributed by atoms with Crippen LogP contribution in [-0.2, 0) is 10.2 Å². The number of ketones is 1. The first-order valence-electron chi connectivity index (χ1n) is 5.96. The number of fused-ring (bicyclic) bond motifs is 1. The van der Waals surface area contributed by atoms with Gasteiger partial charge in [0.05, 0.1) is 7.11 Å². The Kier molecular flexibility index (Phi) is 3.37. The van der Waals surface area contributed by atoms with E-state index in [0.29, 0.717) is 6.42 Å². The Morgan fingerprint density at radius 3 is 2.50 bits per heavy atom. The zero-order chi connectivity index (χ0) is 13.5. The molecule has 0 spiro atoms. The van der Waals surface area contributed by atoms with Crippen LogP contribution >= 0.6 is 15.9 Å². The fourth-order valence-electron chi connectivity index (χ4n) is 2.22. The van der Waals surface area contributed by atoms with Gasteiger partial charge in [-0.15, -0.1) is 0 Å². The Balaban J connectivity index is 2.92. The number of methoxy groups -OCH3 is 1. The lowest BCUT2D eigenvalue weighted by Crippen LogP contribution is -2.34. The van der Waals surface area contributed by atoms with E-state index in [9.17, 15) is 4.79 Å². The summed E-state index contributed by atoms with van der Waals surface area (Å²) in [6.45, 7) is 6.41. The van der Waals surface area contributed by atoms with Gasteiger partial charge in [-0.2, -0.15) is 0 Å². The lowest BCUT2D eigenvalue weighted by atomic mass is 9.85. The van der Waals surface area contributed by atoms with Gasteiger partial charge in [0.25, 0.3) is 0 Å². The smallest absolute Gasteiger partial charge is 0.160 e. The number of halogens is 1. The summed E-state index contributed by atoms with van der Waals surface area (Å²) in [7, 11) is 1.66. The lowest BCUT2D eigenvalue weighted by Gasteiger charge is -2.23. The van der Waals surface area contributed by atoms with E-state index in [1.54, 1.807) is 13.2 Å². The van der Waals surface area contributed by atoms with Crippen molar-refractivity contribution >= 4 is 33.9 Å². The summed E-state index contributed by atoms with van der Waals surface area (Å²) in [6, 6.07) is 2.10. The number of carbonyl (C=O) groups excluding carboxylic acids is 1. The Bertz CT molecular complexity index is 621. The van der Waals surface area contributed by atoms with Crippen molar-refractivity contribution in [2.24, 2.45) is 0 Å². The van der Waals surface area contributed by atoms with Gasteiger partial charge in [-0.1, -0.05) is 42.8 Å². The number of hydrogen-bond donors (Lipinski definition) is 0. The maximum atomic E-state index is 11.6. The van der Waals surface area contributed by atoms with Gasteiger partial charge in [0.1, 0.15) is 5.75 Å². The van der Waals surface area contributed by atoms with Crippen LogP contribution in [0.1, 0.15) is 32.8 Å². The minimum Gasteiger partial charge on any atom is -0.496 e. The van der Waals surface area contributed by atoms with Crippen molar-refractivity contribution in [3.8, 4) is 5.75 Å². The van der Waals surface area contributed by atoms with Gasteiger partial charge in [0.2, 0.25) is 0 Å². The van der Waals surface area contributed by atoms with Crippen LogP contribution in [-0.4, -0.2) is 12.9 Å². The first kappa shape index (κ1) is 13.3. The summed E-state index contributed by atoms with van der Waals surface area (Å²) >= 11 is 3.59. The van der Waals surface area contributed by atoms with E-state index in [4.69, 9.17) is 4.74 Å². The van der Waals surface area contributed by atoms with E-state index in [2.05, 4.69) is 42.8 Å². The molecule has 0 unspecified atom stereocenters. The Morgan fingerprint density at radius 2 is 1.94 bits per heavy atom. The van der Waals surface area contributed by atoms with Crippen LogP contribution in [0, 0.1) is 0 Å². The highest BCUT2D eigenvalue weighted by Gasteiger charge is 2.22. The maximum absolute atomic E-state index is 11.6. The second-order valence-corrected chi connectivity index (χ2v) is 6.39. The highest BCUT2D eigenvalue weighted by Crippen LogP contribution is 2.30. The molecule has 0 radical (unpaired) electrons. The van der Waals surface area contributed by atoms with Crippen LogP contribution in [0.15, 0.2) is 10.5 Å². The molecule has 0 fully saturated rings. The molecule has 2 rings (SSSR count). The molecule has 1 aliphatic carbocycles. The fraction of sp³-hybridized carbons (Fsp3) is 0.400. The van der Waals surface area contributed by atoms with Crippen molar-refractivity contribution < 1.29 is 9.53 Å². The maximum Gasteiger partial charge on any atom is 0.160 e. The van der Waals surface area contributed by atoms with Gasteiger partial charge < -0.3 is 4.74 Å². The summed E-state index contributed by atoms with van der Waals surface area (Å²) < 4.78 is 6.57. The molecule has 1 aliphatic rings. The van der Waals surface area contributed by atoms with Gasteiger partial charge in [0, 0.05) is 21.7 Å². The molecule has 0 N–H and O–H groups in total. The average Bonchev–Trinajstić information content (AvgIpc) is 2.27. The Hall–Kier alpha value is -1.09. The lowest BCUT2D eigenvalue weighted by molar-refractivity contribution is -0.112. The van der Waals surface area contributed by atoms with E-state index in [0.717, 1.165) is 26.2 Å². The molecule has 18 heavy (non-hydrogen) atoms. The summed E-state index contributed by atoms with van der Waals surface area (Å²) in [6.07, 6.45) is 4.11. The summed E-state index contributed by atoms with van der Waals surface area (Å²) in [4.78, 5) is 11.6. The molecular formula is C15H17BrO2. The molecule has 0 atom stereocenters. The third kappa shape index (κ3) is 2.24. The van der Waals surface area contributed by atoms with Gasteiger partial charge >= 0.3 is 0 Å². The fourth-order valence-corrected chi connectivity index (χ4v) is 2.82. The quantitative estimate of drug-likeness (QED) is 0.796. The third-order valence-corrected chi connectivity index (χ3v) is 3.79. The van der Waals surface area contributed by atoms with E-state index < -0.39 is 0 Å². The molecule has 0 aliphatic heterocycles. The standard InChI is InChI=1S/C15H17BrO2/c1-15(2,3)12-8-13(16)10-6-5-9(17)7-11(10)14(12)18-4/h6-8H,5H2,1-4H3. The zero-order valence-electron chi connectivity index (χ0n) is 11.1. The molecule has 0 aromatic heterocycles. The van der Waals surface area contributed by atoms with Crippen LogP contribution in [0.3, 0.4) is 0 Å². The van der Waals surface area contributed by atoms with Crippen molar-refractivity contribution in [1.29, 1.82) is 0 Å². The monoisotopic (exact) mass is 308 g/mol. The molecule has 0 saturated carbocycles. The first-order valence-corrected chi connectivity index (χ1v) is 6.75. The topological polar surface area (TPSA) is 26.3 Å². The second-order valence-electron chi connectivity index (χ2n) is 5.54. The zero-order valence-corrected chi connectivity index (χ0v) is 12.7. The summed E-state index contributed by atoms with van der Waals surface area (Å²) in [5, 5.41) is 1.95. The van der Waals surface area contributed by atoms with E-state index >= 15 is 0 Å². The van der Waals surface area contributed by atoms with E-state index in [1.807, 2.05) is 6.08 Å². The van der Waals surface area contributed by atoms with Crippen molar-refractivity contribution in [2.45, 2.75) is 32.6 Å². The van der Waals surface area contributed by atoms with Crippen molar-refractivity contribution in [2.75, 3.05) is 7.11 Å². The van der Waals surface area contributed by atoms with E-state index in [-0.39, 0.29) is 11.2 Å². The minimum atomic E-state index is -0.0305. The largest absolute Gasteiger partial charge is 0.496 e. The Labute approximate surface area is 115 Å². The molecule has 2 nitrogen and oxygen atoms in total. The Morgan fingerprint density at radius 1 is 1.28 bits per heavy atom. The van der Waals surface area contributed by atoms with Crippen molar-refractivity contribution in [3.05, 3.63) is 26.5 Å². The molecule has 0 heterocycles. The molecule has 0 saturated heterocycles. The number of Topliss-reactive ketones (excluding diaryl/α,β-unsaturated/α-hetero) is 1. The predicted molar refractivity (Wildman–Crippen MR) is 77.2 cm³/mol. The van der Waals surface area contributed by atoms with Crippen LogP contribution < -0.4 is 15.2 Å². The van der Waals surface area contributed by atoms with Crippen LogP contribution in [0.2, 0.25) is 0 Å². The number of ether oxygens (including phenoxy) is 1. The number of rotatable bonds is 1. The van der Waals surface area contributed by atoms with Gasteiger partial charge in [0.15, 0.2) is 5.78 Å². The molecular weight excluding hydrogens is 292 g/mol. The third-order valence-electron chi connectivity index (χ3n) is 3.13. The van der Waals surface area contributed by atoms with Crippen molar-refractivity contribution in [3.63, 3.8) is 0 Å². The summed E-state index contributed by atoms with van der Waals surface area (Å²) in [5.41, 5.74) is 1.08. The molecule has 0 bridgehead atoms. The molecule has 96 valence electrons. The molecule has 1 aromatic rings. The average molecular weight is 309 g/mol. The number of hydrogen-bond acceptors (Lipinski definition) is 2. The summed E-state index contributed by atoms with van der Waals surface area (Å²) in [5.74, 6) is 0.934. The normalized spacial score (nSPS) is 14.6. The second kappa shape index (κ2) is 4.54. The molecule has 1 aromatic carbocycles. The highest BCUT2D eigenvalue weighted by atomic mass is 79.9. The van der Waals surface area contributed by atoms with Crippen molar-refractivity contribution in [1.82, 2.24) is 0 Å². The van der Waals surface area contributed by atoms with Gasteiger partial charge in [-0.25, -0.2) is 0 Å². The SMILES string of the molecule is COc1c(C(C)(C)C)cc(Br)c2c1=CC(=O)CC=2. The van der Waals surface area contributed by atoms with Crippen LogP contribution in [0.5, 0.6) is 5.75 Å². The van der Waals surface area contributed by atoms with Gasteiger partial charge in [-0.05, 0) is 22.8 Å². The van der Waals surface area contributed by atoms with Gasteiger partial charge in [-0.3, -0.25) is 4.79 Å². The van der Waals surface area contributed by atoms with E-state index in [1.165, 1.54) is 0 Å². The number of carbonyl (C=O) groups is 1. The predicted octanol–water partition coefficient (Wildman–Crippen LogP) is 2.29. The number of benzene rings is 1.